The topological polar surface area (TPSA) is 0 Å². The first-order valence-electron chi connectivity index (χ1n) is 11.1. The third kappa shape index (κ3) is 2.94. The SMILES string of the molecule is C[SiH](C1=C2CC(C)(C)CCC2=C2C1=c1ccccc1=CC2(C)C)c1ccccc1. The predicted octanol–water partition coefficient (Wildman–Crippen LogP) is 4.78. The Hall–Kier alpha value is -2.12. The van der Waals surface area contributed by atoms with Crippen LogP contribution in [0.4, 0.5) is 0 Å². The van der Waals surface area contributed by atoms with Crippen molar-refractivity contribution in [2.45, 2.75) is 53.5 Å². The van der Waals surface area contributed by atoms with Gasteiger partial charge in [-0.2, -0.15) is 0 Å². The Morgan fingerprint density at radius 2 is 1.52 bits per heavy atom. The van der Waals surface area contributed by atoms with Gasteiger partial charge in [-0.05, 0) is 62.6 Å². The fraction of sp³-hybridized carbons (Fsp3) is 0.357. The highest BCUT2D eigenvalue weighted by Gasteiger charge is 2.43. The quantitative estimate of drug-likeness (QED) is 0.641. The molecule has 5 rings (SSSR count). The summed E-state index contributed by atoms with van der Waals surface area (Å²) in [5.41, 5.74) is 7.16. The lowest BCUT2D eigenvalue weighted by Gasteiger charge is -2.35. The van der Waals surface area contributed by atoms with E-state index in [1.165, 1.54) is 29.7 Å². The number of rotatable bonds is 2. The number of fused-ring (bicyclic) bond motifs is 3. The number of hydrogen-bond acceptors (Lipinski definition) is 0. The molecule has 0 bridgehead atoms. The van der Waals surface area contributed by atoms with E-state index >= 15 is 0 Å². The zero-order chi connectivity index (χ0) is 20.4. The van der Waals surface area contributed by atoms with Gasteiger partial charge < -0.3 is 0 Å². The Bertz CT molecular complexity index is 1170. The van der Waals surface area contributed by atoms with Crippen LogP contribution in [0.15, 0.2) is 76.5 Å². The summed E-state index contributed by atoms with van der Waals surface area (Å²) in [7, 11) is -1.29. The Balaban J connectivity index is 1.86. The van der Waals surface area contributed by atoms with Gasteiger partial charge in [0.2, 0.25) is 0 Å². The van der Waals surface area contributed by atoms with Crippen molar-refractivity contribution in [2.24, 2.45) is 10.8 Å². The van der Waals surface area contributed by atoms with Gasteiger partial charge in [-0.15, -0.1) is 0 Å². The highest BCUT2D eigenvalue weighted by Crippen LogP contribution is 2.55. The second-order valence-corrected chi connectivity index (χ2v) is 13.2. The van der Waals surface area contributed by atoms with E-state index in [1.54, 1.807) is 32.7 Å². The lowest BCUT2D eigenvalue weighted by molar-refractivity contribution is 0.312. The molecule has 148 valence electrons. The van der Waals surface area contributed by atoms with Crippen LogP contribution in [0.2, 0.25) is 6.55 Å². The van der Waals surface area contributed by atoms with Gasteiger partial charge in [0, 0.05) is 5.41 Å². The van der Waals surface area contributed by atoms with Crippen molar-refractivity contribution in [3.05, 3.63) is 87.0 Å². The molecule has 0 amide bonds. The van der Waals surface area contributed by atoms with Gasteiger partial charge in [-0.25, -0.2) is 0 Å². The third-order valence-electron chi connectivity index (χ3n) is 7.34. The molecule has 1 fully saturated rings. The first-order valence-corrected chi connectivity index (χ1v) is 13.4. The Morgan fingerprint density at radius 1 is 0.828 bits per heavy atom. The highest BCUT2D eigenvalue weighted by molar-refractivity contribution is 6.81. The van der Waals surface area contributed by atoms with E-state index in [0.29, 0.717) is 5.41 Å². The van der Waals surface area contributed by atoms with Gasteiger partial charge in [0.05, 0.1) is 0 Å². The van der Waals surface area contributed by atoms with Crippen LogP contribution < -0.4 is 15.6 Å². The summed E-state index contributed by atoms with van der Waals surface area (Å²) in [5.74, 6) is 0. The molecule has 1 atom stereocenters. The van der Waals surface area contributed by atoms with Crippen LogP contribution in [0.25, 0.3) is 11.6 Å². The molecule has 0 spiro atoms. The fourth-order valence-electron chi connectivity index (χ4n) is 5.95. The van der Waals surface area contributed by atoms with Crippen LogP contribution in [0.5, 0.6) is 0 Å². The minimum Gasteiger partial charge on any atom is -0.0666 e. The Labute approximate surface area is 177 Å². The first kappa shape index (κ1) is 18.9. The van der Waals surface area contributed by atoms with Gasteiger partial charge in [-0.3, -0.25) is 0 Å². The van der Waals surface area contributed by atoms with E-state index in [0.717, 1.165) is 0 Å². The summed E-state index contributed by atoms with van der Waals surface area (Å²) in [6.07, 6.45) is 6.28. The molecule has 0 heterocycles. The zero-order valence-corrected chi connectivity index (χ0v) is 19.6. The summed E-state index contributed by atoms with van der Waals surface area (Å²) in [4.78, 5) is 0. The summed E-state index contributed by atoms with van der Waals surface area (Å²) in [6.45, 7) is 12.3. The minimum absolute atomic E-state index is 0.0955. The van der Waals surface area contributed by atoms with Crippen LogP contribution in [-0.4, -0.2) is 8.80 Å². The maximum absolute atomic E-state index is 2.56. The fourth-order valence-corrected chi connectivity index (χ4v) is 8.61. The van der Waals surface area contributed by atoms with Crippen LogP contribution in [0.1, 0.15) is 47.0 Å². The standard InChI is InChI=1S/C28H32Si/c1-27(2)16-15-22-23(18-27)26(29(5)20-12-7-6-8-13-20)24-21-14-10-9-11-19(21)17-28(3,4)25(22)24/h6-14,17,29H,15-16,18H2,1-5H3. The summed E-state index contributed by atoms with van der Waals surface area (Å²) in [6, 6.07) is 20.4. The van der Waals surface area contributed by atoms with Gasteiger partial charge in [0.25, 0.3) is 0 Å². The largest absolute Gasteiger partial charge is 0.101 e. The second kappa shape index (κ2) is 6.44. The number of hydrogen-bond donors (Lipinski definition) is 0. The van der Waals surface area contributed by atoms with Crippen molar-refractivity contribution in [2.75, 3.05) is 0 Å². The second-order valence-electron chi connectivity index (χ2n) is 10.5. The summed E-state index contributed by atoms with van der Waals surface area (Å²) in [5, 5.41) is 6.19. The highest BCUT2D eigenvalue weighted by atomic mass is 28.3. The predicted molar refractivity (Wildman–Crippen MR) is 128 cm³/mol. The van der Waals surface area contributed by atoms with Gasteiger partial charge in [-0.1, -0.05) is 100 Å². The van der Waals surface area contributed by atoms with Gasteiger partial charge in [0.1, 0.15) is 8.80 Å². The van der Waals surface area contributed by atoms with Crippen molar-refractivity contribution in [3.8, 4) is 0 Å². The molecule has 0 radical (unpaired) electrons. The first-order chi connectivity index (χ1) is 13.8. The molecule has 29 heavy (non-hydrogen) atoms. The van der Waals surface area contributed by atoms with Crippen LogP contribution >= 0.6 is 0 Å². The third-order valence-corrected chi connectivity index (χ3v) is 10.2. The molecule has 3 aliphatic rings. The van der Waals surface area contributed by atoms with Crippen LogP contribution in [0, 0.1) is 10.8 Å². The van der Waals surface area contributed by atoms with Crippen LogP contribution in [-0.2, 0) is 0 Å². The lowest BCUT2D eigenvalue weighted by Crippen LogP contribution is -2.39. The molecule has 1 heteroatoms. The Morgan fingerprint density at radius 3 is 2.28 bits per heavy atom. The average Bonchev–Trinajstić information content (AvgIpc) is 3.02. The normalized spacial score (nSPS) is 22.6. The number of allylic oxidation sites excluding steroid dienone is 4. The molecule has 0 N–H and O–H groups in total. The van der Waals surface area contributed by atoms with E-state index < -0.39 is 8.80 Å². The smallest absolute Gasteiger partial charge is 0.0666 e. The number of benzene rings is 2. The molecule has 1 saturated carbocycles. The molecule has 2 aromatic rings. The van der Waals surface area contributed by atoms with Crippen molar-refractivity contribution in [1.29, 1.82) is 0 Å². The lowest BCUT2D eigenvalue weighted by atomic mass is 9.70. The molecule has 0 saturated heterocycles. The van der Waals surface area contributed by atoms with Crippen molar-refractivity contribution in [3.63, 3.8) is 0 Å². The zero-order valence-electron chi connectivity index (χ0n) is 18.5. The maximum atomic E-state index is 2.56. The maximum Gasteiger partial charge on any atom is 0.101 e. The monoisotopic (exact) mass is 396 g/mol. The molecule has 1 unspecified atom stereocenters. The molecule has 0 nitrogen and oxygen atoms in total. The Kier molecular flexibility index (Phi) is 4.19. The van der Waals surface area contributed by atoms with Crippen molar-refractivity contribution in [1.82, 2.24) is 0 Å². The molecular weight excluding hydrogens is 364 g/mol. The molecule has 2 aromatic carbocycles. The van der Waals surface area contributed by atoms with Crippen LogP contribution in [0.3, 0.4) is 0 Å². The van der Waals surface area contributed by atoms with E-state index in [1.807, 2.05) is 0 Å². The molecule has 0 aliphatic heterocycles. The molecule has 0 aromatic heterocycles. The molecular formula is C28H32Si. The van der Waals surface area contributed by atoms with E-state index in [9.17, 15) is 0 Å². The minimum atomic E-state index is -1.29. The van der Waals surface area contributed by atoms with E-state index in [4.69, 9.17) is 0 Å². The van der Waals surface area contributed by atoms with E-state index in [2.05, 4.69) is 94.9 Å². The van der Waals surface area contributed by atoms with Gasteiger partial charge >= 0.3 is 0 Å². The van der Waals surface area contributed by atoms with Gasteiger partial charge in [0.15, 0.2) is 0 Å². The van der Waals surface area contributed by atoms with Crippen molar-refractivity contribution >= 4 is 25.6 Å². The molecule has 3 aliphatic carbocycles. The summed E-state index contributed by atoms with van der Waals surface area (Å²) >= 11 is 0. The summed E-state index contributed by atoms with van der Waals surface area (Å²) < 4.78 is 0. The van der Waals surface area contributed by atoms with E-state index in [-0.39, 0.29) is 5.41 Å². The van der Waals surface area contributed by atoms with Crippen molar-refractivity contribution < 1.29 is 0 Å². The average molecular weight is 397 g/mol.